The van der Waals surface area contributed by atoms with Crippen molar-refractivity contribution in [1.29, 1.82) is 5.26 Å². The second kappa shape index (κ2) is 5.72. The second-order valence-corrected chi connectivity index (χ2v) is 5.86. The van der Waals surface area contributed by atoms with Gasteiger partial charge in [-0.05, 0) is 31.2 Å². The summed E-state index contributed by atoms with van der Waals surface area (Å²) in [5.41, 5.74) is 0.783. The summed E-state index contributed by atoms with van der Waals surface area (Å²) >= 11 is 0. The van der Waals surface area contributed by atoms with E-state index in [9.17, 15) is 8.42 Å². The van der Waals surface area contributed by atoms with Crippen LogP contribution in [0.3, 0.4) is 0 Å². The van der Waals surface area contributed by atoms with Crippen LogP contribution < -0.4 is 4.31 Å². The van der Waals surface area contributed by atoms with E-state index in [2.05, 4.69) is 4.98 Å². The van der Waals surface area contributed by atoms with Gasteiger partial charge in [-0.25, -0.2) is 13.4 Å². The molecular formula is C14H13N3O2S. The highest BCUT2D eigenvalue weighted by Crippen LogP contribution is 2.22. The lowest BCUT2D eigenvalue weighted by Gasteiger charge is -2.22. The molecule has 0 unspecified atom stereocenters. The van der Waals surface area contributed by atoms with E-state index in [4.69, 9.17) is 5.26 Å². The summed E-state index contributed by atoms with van der Waals surface area (Å²) < 4.78 is 26.4. The summed E-state index contributed by atoms with van der Waals surface area (Å²) in [6.45, 7) is 2.08. The van der Waals surface area contributed by atoms with E-state index in [1.165, 1.54) is 22.6 Å². The fourth-order valence-electron chi connectivity index (χ4n) is 1.81. The SMILES string of the molecule is CCN(c1ccccc1)S(=O)(=O)c1ccc(C#N)nc1. The fourth-order valence-corrected chi connectivity index (χ4v) is 3.23. The highest BCUT2D eigenvalue weighted by Gasteiger charge is 2.23. The van der Waals surface area contributed by atoms with Crippen molar-refractivity contribution in [2.45, 2.75) is 11.8 Å². The molecule has 5 nitrogen and oxygen atoms in total. The molecule has 6 heteroatoms. The smallest absolute Gasteiger partial charge is 0.265 e. The molecule has 0 bridgehead atoms. The van der Waals surface area contributed by atoms with Crippen molar-refractivity contribution in [3.8, 4) is 6.07 Å². The van der Waals surface area contributed by atoms with Gasteiger partial charge in [0.25, 0.3) is 10.0 Å². The number of anilines is 1. The second-order valence-electron chi connectivity index (χ2n) is 4.00. The van der Waals surface area contributed by atoms with E-state index < -0.39 is 10.0 Å². The standard InChI is InChI=1S/C14H13N3O2S/c1-2-17(13-6-4-3-5-7-13)20(18,19)14-9-8-12(10-15)16-11-14/h3-9,11H,2H2,1H3. The lowest BCUT2D eigenvalue weighted by atomic mass is 10.3. The highest BCUT2D eigenvalue weighted by molar-refractivity contribution is 7.92. The normalized spacial score (nSPS) is 10.8. The number of benzene rings is 1. The summed E-state index contributed by atoms with van der Waals surface area (Å²) in [6.07, 6.45) is 1.21. The molecule has 0 fully saturated rings. The third kappa shape index (κ3) is 2.63. The van der Waals surface area contributed by atoms with Crippen LogP contribution in [-0.2, 0) is 10.0 Å². The average molecular weight is 287 g/mol. The minimum absolute atomic E-state index is 0.0715. The summed E-state index contributed by atoms with van der Waals surface area (Å²) in [5.74, 6) is 0. The predicted octanol–water partition coefficient (Wildman–Crippen LogP) is 2.17. The van der Waals surface area contributed by atoms with Crippen LogP contribution >= 0.6 is 0 Å². The van der Waals surface area contributed by atoms with Gasteiger partial charge >= 0.3 is 0 Å². The van der Waals surface area contributed by atoms with Crippen molar-refractivity contribution >= 4 is 15.7 Å². The van der Waals surface area contributed by atoms with Gasteiger partial charge in [0, 0.05) is 12.7 Å². The zero-order valence-corrected chi connectivity index (χ0v) is 11.7. The van der Waals surface area contributed by atoms with Crippen LogP contribution in [0.5, 0.6) is 0 Å². The summed E-state index contributed by atoms with van der Waals surface area (Å²) in [6, 6.07) is 13.5. The van der Waals surface area contributed by atoms with Gasteiger partial charge in [-0.15, -0.1) is 0 Å². The van der Waals surface area contributed by atoms with Gasteiger partial charge in [0.05, 0.1) is 5.69 Å². The number of hydrogen-bond acceptors (Lipinski definition) is 4. The number of para-hydroxylation sites is 1. The van der Waals surface area contributed by atoms with Gasteiger partial charge in [0.2, 0.25) is 0 Å². The van der Waals surface area contributed by atoms with Crippen LogP contribution in [0.2, 0.25) is 0 Å². The zero-order chi connectivity index (χ0) is 14.6. The van der Waals surface area contributed by atoms with Crippen molar-refractivity contribution < 1.29 is 8.42 Å². The largest absolute Gasteiger partial charge is 0.267 e. The van der Waals surface area contributed by atoms with Crippen molar-refractivity contribution in [2.24, 2.45) is 0 Å². The number of sulfonamides is 1. The summed E-state index contributed by atoms with van der Waals surface area (Å²) in [5, 5.41) is 8.69. The van der Waals surface area contributed by atoms with Crippen molar-refractivity contribution in [2.75, 3.05) is 10.8 Å². The molecule has 20 heavy (non-hydrogen) atoms. The van der Waals surface area contributed by atoms with Crippen LogP contribution in [0.15, 0.2) is 53.6 Å². The van der Waals surface area contributed by atoms with Gasteiger partial charge < -0.3 is 0 Å². The predicted molar refractivity (Wildman–Crippen MR) is 75.6 cm³/mol. The first kappa shape index (κ1) is 14.0. The molecule has 2 rings (SSSR count). The molecule has 0 aliphatic carbocycles. The van der Waals surface area contributed by atoms with E-state index in [1.54, 1.807) is 31.2 Å². The highest BCUT2D eigenvalue weighted by atomic mass is 32.2. The Morgan fingerprint density at radius 2 is 1.90 bits per heavy atom. The lowest BCUT2D eigenvalue weighted by molar-refractivity contribution is 0.591. The monoisotopic (exact) mass is 287 g/mol. The number of pyridine rings is 1. The van der Waals surface area contributed by atoms with Gasteiger partial charge in [-0.1, -0.05) is 18.2 Å². The minimum atomic E-state index is -3.67. The molecule has 1 heterocycles. The Morgan fingerprint density at radius 1 is 1.20 bits per heavy atom. The van der Waals surface area contributed by atoms with E-state index in [-0.39, 0.29) is 10.6 Å². The van der Waals surface area contributed by atoms with Gasteiger partial charge in [-0.2, -0.15) is 5.26 Å². The Hall–Kier alpha value is -2.39. The van der Waals surface area contributed by atoms with E-state index in [0.717, 1.165) is 0 Å². The van der Waals surface area contributed by atoms with Crippen molar-refractivity contribution in [3.63, 3.8) is 0 Å². The van der Waals surface area contributed by atoms with Crippen LogP contribution in [0, 0.1) is 11.3 Å². The first-order chi connectivity index (χ1) is 9.59. The van der Waals surface area contributed by atoms with Crippen molar-refractivity contribution in [3.05, 3.63) is 54.4 Å². The van der Waals surface area contributed by atoms with E-state index >= 15 is 0 Å². The Kier molecular flexibility index (Phi) is 4.01. The zero-order valence-electron chi connectivity index (χ0n) is 10.9. The first-order valence-corrected chi connectivity index (χ1v) is 7.47. The molecule has 102 valence electrons. The molecule has 0 aliphatic rings. The molecule has 0 aliphatic heterocycles. The van der Waals surface area contributed by atoms with Crippen molar-refractivity contribution in [1.82, 2.24) is 4.98 Å². The van der Waals surface area contributed by atoms with E-state index in [1.807, 2.05) is 12.1 Å². The molecule has 0 atom stereocenters. The Labute approximate surface area is 118 Å². The van der Waals surface area contributed by atoms with Gasteiger partial charge in [0.15, 0.2) is 0 Å². The fraction of sp³-hybridized carbons (Fsp3) is 0.143. The van der Waals surface area contributed by atoms with Crippen LogP contribution in [0.25, 0.3) is 0 Å². The van der Waals surface area contributed by atoms with Crippen LogP contribution in [0.1, 0.15) is 12.6 Å². The maximum absolute atomic E-state index is 12.6. The average Bonchev–Trinajstić information content (AvgIpc) is 2.49. The molecule has 0 spiro atoms. The molecule has 0 radical (unpaired) electrons. The number of hydrogen-bond donors (Lipinski definition) is 0. The minimum Gasteiger partial charge on any atom is -0.267 e. The quantitative estimate of drug-likeness (QED) is 0.863. The maximum Gasteiger partial charge on any atom is 0.265 e. The Balaban J connectivity index is 2.44. The molecule has 0 saturated carbocycles. The van der Waals surface area contributed by atoms with E-state index in [0.29, 0.717) is 12.2 Å². The van der Waals surface area contributed by atoms with Crippen LogP contribution in [-0.4, -0.2) is 19.9 Å². The molecular weight excluding hydrogens is 274 g/mol. The topological polar surface area (TPSA) is 74.1 Å². The number of nitrogens with zero attached hydrogens (tertiary/aromatic N) is 3. The molecule has 0 amide bonds. The Morgan fingerprint density at radius 3 is 2.40 bits per heavy atom. The number of rotatable bonds is 4. The molecule has 0 saturated heterocycles. The summed E-state index contributed by atoms with van der Waals surface area (Å²) in [4.78, 5) is 3.88. The lowest BCUT2D eigenvalue weighted by Crippen LogP contribution is -2.30. The van der Waals surface area contributed by atoms with Gasteiger partial charge in [-0.3, -0.25) is 4.31 Å². The first-order valence-electron chi connectivity index (χ1n) is 6.03. The Bertz CT molecular complexity index is 719. The molecule has 1 aromatic heterocycles. The van der Waals surface area contributed by atoms with Gasteiger partial charge in [0.1, 0.15) is 16.7 Å². The molecule has 2 aromatic rings. The molecule has 0 N–H and O–H groups in total. The maximum atomic E-state index is 12.6. The number of nitriles is 1. The van der Waals surface area contributed by atoms with Crippen LogP contribution in [0.4, 0.5) is 5.69 Å². The third-order valence-electron chi connectivity index (χ3n) is 2.77. The number of aromatic nitrogens is 1. The summed E-state index contributed by atoms with van der Waals surface area (Å²) in [7, 11) is -3.67. The third-order valence-corrected chi connectivity index (χ3v) is 4.66. The molecule has 1 aromatic carbocycles.